The molecule has 3 rings (SSSR count). The average molecular weight is 379 g/mol. The molecular formula is C16H12F3N5OS. The van der Waals surface area contributed by atoms with Crippen LogP contribution in [0.25, 0.3) is 21.1 Å². The number of aryl methyl sites for hydroxylation is 1. The van der Waals surface area contributed by atoms with E-state index in [1.165, 1.54) is 22.0 Å². The number of amides is 1. The number of thiophene rings is 1. The van der Waals surface area contributed by atoms with Crippen LogP contribution in [0.15, 0.2) is 23.7 Å². The van der Waals surface area contributed by atoms with E-state index in [0.29, 0.717) is 22.0 Å². The maximum absolute atomic E-state index is 12.7. The zero-order chi connectivity index (χ0) is 19.1. The van der Waals surface area contributed by atoms with Gasteiger partial charge in [-0.3, -0.25) is 4.79 Å². The first-order valence-electron chi connectivity index (χ1n) is 7.40. The first kappa shape index (κ1) is 17.9. The minimum absolute atomic E-state index is 0.0630. The average Bonchev–Trinajstić information content (AvgIpc) is 3.20. The van der Waals surface area contributed by atoms with Gasteiger partial charge in [-0.1, -0.05) is 0 Å². The Morgan fingerprint density at radius 2 is 2.19 bits per heavy atom. The topological polar surface area (TPSA) is 63.7 Å². The molecule has 26 heavy (non-hydrogen) atoms. The van der Waals surface area contributed by atoms with Gasteiger partial charge in [-0.25, -0.2) is 14.3 Å². The number of aromatic nitrogens is 3. The predicted molar refractivity (Wildman–Crippen MR) is 90.3 cm³/mol. The zero-order valence-corrected chi connectivity index (χ0v) is 14.4. The van der Waals surface area contributed by atoms with Crippen molar-refractivity contribution < 1.29 is 18.0 Å². The molecule has 0 saturated carbocycles. The number of nitrogens with one attached hydrogen (secondary N) is 1. The third kappa shape index (κ3) is 3.13. The third-order valence-corrected chi connectivity index (χ3v) is 4.66. The van der Waals surface area contributed by atoms with Crippen molar-refractivity contribution in [3.63, 3.8) is 0 Å². The number of hydrogen-bond acceptors (Lipinski definition) is 4. The van der Waals surface area contributed by atoms with Crippen molar-refractivity contribution in [1.82, 2.24) is 19.9 Å². The number of rotatable bonds is 3. The second-order valence-corrected chi connectivity index (χ2v) is 6.48. The standard InChI is InChI=1S/C16H12F3N5OS/c1-8-6-12(13-11(20-3)4-5-26-13)23-14-10(7-21-24(8)14)15(25)22-9(2)16(17,18)19/h4-7,9H,1-2H3,(H,22,25). The van der Waals surface area contributed by atoms with E-state index in [1.54, 1.807) is 24.4 Å². The van der Waals surface area contributed by atoms with Crippen LogP contribution in [0, 0.1) is 13.5 Å². The van der Waals surface area contributed by atoms with Crippen LogP contribution in [0.1, 0.15) is 23.0 Å². The fraction of sp³-hybridized carbons (Fsp3) is 0.250. The van der Waals surface area contributed by atoms with Crippen LogP contribution in [0.3, 0.4) is 0 Å². The number of fused-ring (bicyclic) bond motifs is 1. The van der Waals surface area contributed by atoms with Crippen molar-refractivity contribution >= 4 is 28.6 Å². The van der Waals surface area contributed by atoms with Crippen molar-refractivity contribution in [2.75, 3.05) is 0 Å². The zero-order valence-electron chi connectivity index (χ0n) is 13.6. The number of halogens is 3. The molecule has 1 N–H and O–H groups in total. The first-order valence-corrected chi connectivity index (χ1v) is 8.28. The lowest BCUT2D eigenvalue weighted by Crippen LogP contribution is -2.43. The lowest BCUT2D eigenvalue weighted by molar-refractivity contribution is -0.149. The summed E-state index contributed by atoms with van der Waals surface area (Å²) in [6.45, 7) is 9.79. The van der Waals surface area contributed by atoms with Crippen LogP contribution in [0.4, 0.5) is 18.9 Å². The second kappa shape index (κ2) is 6.42. The highest BCUT2D eigenvalue weighted by Gasteiger charge is 2.37. The summed E-state index contributed by atoms with van der Waals surface area (Å²) in [5, 5.41) is 7.69. The van der Waals surface area contributed by atoms with Gasteiger partial charge in [0.25, 0.3) is 5.91 Å². The summed E-state index contributed by atoms with van der Waals surface area (Å²) in [5.74, 6) is -0.912. The Morgan fingerprint density at radius 1 is 1.46 bits per heavy atom. The maximum atomic E-state index is 12.7. The molecule has 134 valence electrons. The minimum atomic E-state index is -4.55. The van der Waals surface area contributed by atoms with E-state index >= 15 is 0 Å². The van der Waals surface area contributed by atoms with Gasteiger partial charge in [0.15, 0.2) is 5.65 Å². The van der Waals surface area contributed by atoms with Crippen molar-refractivity contribution in [3.8, 4) is 10.6 Å². The molecule has 6 nitrogen and oxygen atoms in total. The Balaban J connectivity index is 2.06. The Kier molecular flexibility index (Phi) is 4.41. The molecule has 10 heteroatoms. The largest absolute Gasteiger partial charge is 0.408 e. The van der Waals surface area contributed by atoms with Gasteiger partial charge in [0.1, 0.15) is 11.6 Å². The Labute approximate surface area is 150 Å². The molecule has 1 atom stereocenters. The van der Waals surface area contributed by atoms with Gasteiger partial charge < -0.3 is 5.32 Å². The molecule has 1 unspecified atom stereocenters. The van der Waals surface area contributed by atoms with Crippen LogP contribution < -0.4 is 5.32 Å². The monoisotopic (exact) mass is 379 g/mol. The lowest BCUT2D eigenvalue weighted by Gasteiger charge is -2.16. The van der Waals surface area contributed by atoms with E-state index in [1.807, 2.05) is 5.32 Å². The van der Waals surface area contributed by atoms with Crippen LogP contribution in [-0.4, -0.2) is 32.7 Å². The maximum Gasteiger partial charge on any atom is 0.408 e. The Bertz CT molecular complexity index is 1030. The minimum Gasteiger partial charge on any atom is -0.340 e. The van der Waals surface area contributed by atoms with Crippen molar-refractivity contribution in [2.45, 2.75) is 26.1 Å². The Hall–Kier alpha value is -2.93. The molecule has 1 amide bonds. The highest BCUT2D eigenvalue weighted by molar-refractivity contribution is 7.14. The summed E-state index contributed by atoms with van der Waals surface area (Å²) >= 11 is 1.32. The van der Waals surface area contributed by atoms with Gasteiger partial charge in [0.05, 0.1) is 23.3 Å². The van der Waals surface area contributed by atoms with E-state index in [4.69, 9.17) is 6.57 Å². The van der Waals surface area contributed by atoms with Crippen LogP contribution in [0.5, 0.6) is 0 Å². The van der Waals surface area contributed by atoms with Crippen molar-refractivity contribution in [3.05, 3.63) is 46.4 Å². The molecule has 0 radical (unpaired) electrons. The van der Waals surface area contributed by atoms with E-state index in [2.05, 4.69) is 14.9 Å². The quantitative estimate of drug-likeness (QED) is 0.700. The molecule has 0 aromatic carbocycles. The normalized spacial score (nSPS) is 12.8. The molecule has 0 aliphatic carbocycles. The summed E-state index contributed by atoms with van der Waals surface area (Å²) in [4.78, 5) is 20.7. The summed E-state index contributed by atoms with van der Waals surface area (Å²) < 4.78 is 39.4. The van der Waals surface area contributed by atoms with Gasteiger partial charge >= 0.3 is 6.18 Å². The van der Waals surface area contributed by atoms with E-state index in [9.17, 15) is 18.0 Å². The molecule has 0 saturated heterocycles. The van der Waals surface area contributed by atoms with Gasteiger partial charge in [-0.2, -0.15) is 29.6 Å². The van der Waals surface area contributed by atoms with Crippen LogP contribution in [-0.2, 0) is 0 Å². The van der Waals surface area contributed by atoms with E-state index < -0.39 is 18.1 Å². The fourth-order valence-corrected chi connectivity index (χ4v) is 3.12. The third-order valence-electron chi connectivity index (χ3n) is 3.73. The molecule has 3 heterocycles. The van der Waals surface area contributed by atoms with Gasteiger partial charge in [0.2, 0.25) is 5.69 Å². The molecule has 0 spiro atoms. The van der Waals surface area contributed by atoms with E-state index in [0.717, 1.165) is 6.92 Å². The molecule has 3 aromatic heterocycles. The highest BCUT2D eigenvalue weighted by Crippen LogP contribution is 2.35. The fourth-order valence-electron chi connectivity index (χ4n) is 2.33. The number of carbonyl (C=O) groups is 1. The number of alkyl halides is 3. The smallest absolute Gasteiger partial charge is 0.340 e. The summed E-state index contributed by atoms with van der Waals surface area (Å²) in [6, 6.07) is 1.37. The van der Waals surface area contributed by atoms with Gasteiger partial charge in [-0.15, -0.1) is 0 Å². The second-order valence-electron chi connectivity index (χ2n) is 5.56. The summed E-state index contributed by atoms with van der Waals surface area (Å²) in [6.07, 6.45) is -3.36. The highest BCUT2D eigenvalue weighted by atomic mass is 32.1. The molecule has 0 aliphatic heterocycles. The Morgan fingerprint density at radius 3 is 2.85 bits per heavy atom. The summed E-state index contributed by atoms with van der Waals surface area (Å²) in [7, 11) is 0. The molecule has 0 bridgehead atoms. The lowest BCUT2D eigenvalue weighted by atomic mass is 10.2. The van der Waals surface area contributed by atoms with Crippen LogP contribution >= 0.6 is 11.3 Å². The number of carbonyl (C=O) groups excluding carboxylic acids is 1. The first-order chi connectivity index (χ1) is 12.2. The van der Waals surface area contributed by atoms with Crippen molar-refractivity contribution in [1.29, 1.82) is 0 Å². The van der Waals surface area contributed by atoms with E-state index in [-0.39, 0.29) is 11.2 Å². The summed E-state index contributed by atoms with van der Waals surface area (Å²) in [5.41, 5.74) is 1.59. The molecule has 3 aromatic rings. The van der Waals surface area contributed by atoms with Crippen LogP contribution in [0.2, 0.25) is 0 Å². The van der Waals surface area contributed by atoms with Gasteiger partial charge in [0, 0.05) is 5.69 Å². The van der Waals surface area contributed by atoms with Gasteiger partial charge in [-0.05, 0) is 31.4 Å². The number of nitrogens with zero attached hydrogens (tertiary/aromatic N) is 4. The molecular weight excluding hydrogens is 367 g/mol. The number of hydrogen-bond donors (Lipinski definition) is 1. The molecule has 0 aliphatic rings. The predicted octanol–water partition coefficient (Wildman–Crippen LogP) is 4.00. The molecule has 0 fully saturated rings. The SMILES string of the molecule is [C-]#[N+]c1ccsc1-c1cc(C)n2ncc(C(=O)NC(C)C(F)(F)F)c2n1. The van der Waals surface area contributed by atoms with Crippen molar-refractivity contribution in [2.24, 2.45) is 0 Å².